The van der Waals surface area contributed by atoms with Gasteiger partial charge in [-0.05, 0) is 18.6 Å². The van der Waals surface area contributed by atoms with Crippen molar-refractivity contribution in [1.82, 2.24) is 0 Å². The lowest BCUT2D eigenvalue weighted by molar-refractivity contribution is 0.228. The summed E-state index contributed by atoms with van der Waals surface area (Å²) in [4.78, 5) is 0. The normalized spacial score (nSPS) is 11.5. The van der Waals surface area contributed by atoms with Gasteiger partial charge in [-0.2, -0.15) is 0 Å². The minimum atomic E-state index is -0.495. The molecule has 62 valence electrons. The molecule has 1 nitrogen and oxygen atoms in total. The smallest absolute Gasteiger partial charge is 0.114 e. The molecular weight excluding hydrogens is 148 g/mol. The highest BCUT2D eigenvalue weighted by Crippen LogP contribution is 1.95. The maximum absolute atomic E-state index is 9.15. The monoisotopic (exact) mass is 160 g/mol. The van der Waals surface area contributed by atoms with Crippen molar-refractivity contribution in [3.05, 3.63) is 35.9 Å². The van der Waals surface area contributed by atoms with E-state index in [0.29, 0.717) is 6.42 Å². The molecular formula is C11H12O. The van der Waals surface area contributed by atoms with Crippen LogP contribution in [-0.4, -0.2) is 11.2 Å². The largest absolute Gasteiger partial charge is 0.380 e. The summed E-state index contributed by atoms with van der Waals surface area (Å²) in [7, 11) is 0. The first-order valence-corrected chi connectivity index (χ1v) is 4.07. The van der Waals surface area contributed by atoms with Crippen LogP contribution in [0.5, 0.6) is 0 Å². The van der Waals surface area contributed by atoms with Crippen molar-refractivity contribution in [2.45, 2.75) is 19.4 Å². The molecule has 1 aromatic carbocycles. The molecule has 0 aliphatic rings. The molecule has 1 heteroatoms. The van der Waals surface area contributed by atoms with E-state index in [1.807, 2.05) is 37.3 Å². The lowest BCUT2D eigenvalue weighted by Gasteiger charge is -1.93. The van der Waals surface area contributed by atoms with Gasteiger partial charge in [0.25, 0.3) is 0 Å². The van der Waals surface area contributed by atoms with Crippen LogP contribution < -0.4 is 0 Å². The zero-order valence-corrected chi connectivity index (χ0v) is 7.12. The average Bonchev–Trinajstić information content (AvgIpc) is 2.16. The van der Waals surface area contributed by atoms with Crippen LogP contribution >= 0.6 is 0 Å². The summed E-state index contributed by atoms with van der Waals surface area (Å²) in [5.74, 6) is 5.65. The van der Waals surface area contributed by atoms with E-state index in [0.717, 1.165) is 5.56 Å². The van der Waals surface area contributed by atoms with Gasteiger partial charge in [0.05, 0.1) is 0 Å². The maximum atomic E-state index is 9.15. The van der Waals surface area contributed by atoms with E-state index in [4.69, 9.17) is 5.11 Å². The molecule has 0 saturated carbocycles. The Balaban J connectivity index is 2.67. The number of hydrogen-bond acceptors (Lipinski definition) is 1. The summed E-state index contributed by atoms with van der Waals surface area (Å²) in [6.45, 7) is 1.91. The lowest BCUT2D eigenvalue weighted by atomic mass is 10.2. The average molecular weight is 160 g/mol. The Labute approximate surface area is 73.0 Å². The molecule has 0 aromatic heterocycles. The van der Waals surface area contributed by atoms with Crippen LogP contribution in [0.15, 0.2) is 30.3 Å². The van der Waals surface area contributed by atoms with Crippen molar-refractivity contribution in [2.75, 3.05) is 0 Å². The van der Waals surface area contributed by atoms with Gasteiger partial charge in [0, 0.05) is 5.56 Å². The number of benzene rings is 1. The van der Waals surface area contributed by atoms with E-state index in [1.165, 1.54) is 0 Å². The summed E-state index contributed by atoms with van der Waals surface area (Å²) in [5, 5.41) is 9.15. The second kappa shape index (κ2) is 4.58. The van der Waals surface area contributed by atoms with Crippen molar-refractivity contribution in [3.63, 3.8) is 0 Å². The number of hydrogen-bond donors (Lipinski definition) is 1. The van der Waals surface area contributed by atoms with E-state index >= 15 is 0 Å². The summed E-state index contributed by atoms with van der Waals surface area (Å²) < 4.78 is 0. The van der Waals surface area contributed by atoms with Gasteiger partial charge in [-0.25, -0.2) is 0 Å². The molecule has 0 spiro atoms. The zero-order valence-electron chi connectivity index (χ0n) is 7.12. The first-order chi connectivity index (χ1) is 5.83. The van der Waals surface area contributed by atoms with Crippen molar-refractivity contribution in [1.29, 1.82) is 0 Å². The van der Waals surface area contributed by atoms with Gasteiger partial charge < -0.3 is 5.11 Å². The molecule has 0 bridgehead atoms. The Morgan fingerprint density at radius 2 is 2.00 bits per heavy atom. The predicted octanol–water partition coefficient (Wildman–Crippen LogP) is 1.81. The van der Waals surface area contributed by atoms with E-state index in [1.54, 1.807) is 0 Å². The van der Waals surface area contributed by atoms with Crippen LogP contribution in [-0.2, 0) is 0 Å². The summed E-state index contributed by atoms with van der Waals surface area (Å²) in [6.07, 6.45) is 0.185. The lowest BCUT2D eigenvalue weighted by Crippen LogP contribution is -1.98. The quantitative estimate of drug-likeness (QED) is 0.621. The fraction of sp³-hybridized carbons (Fsp3) is 0.273. The summed E-state index contributed by atoms with van der Waals surface area (Å²) in [6, 6.07) is 9.66. The molecule has 0 aliphatic carbocycles. The van der Waals surface area contributed by atoms with Gasteiger partial charge in [0.15, 0.2) is 0 Å². The molecule has 1 unspecified atom stereocenters. The first kappa shape index (κ1) is 8.83. The molecule has 1 atom stereocenters. The van der Waals surface area contributed by atoms with Crippen LogP contribution in [0, 0.1) is 11.8 Å². The van der Waals surface area contributed by atoms with E-state index in [9.17, 15) is 0 Å². The van der Waals surface area contributed by atoms with E-state index in [-0.39, 0.29) is 0 Å². The highest BCUT2D eigenvalue weighted by molar-refractivity contribution is 5.34. The first-order valence-electron chi connectivity index (χ1n) is 4.07. The Morgan fingerprint density at radius 3 is 2.58 bits per heavy atom. The molecule has 0 saturated heterocycles. The van der Waals surface area contributed by atoms with Gasteiger partial charge in [-0.1, -0.05) is 37.0 Å². The molecule has 1 rings (SSSR count). The molecule has 1 aromatic rings. The number of aliphatic hydroxyl groups is 1. The predicted molar refractivity (Wildman–Crippen MR) is 49.6 cm³/mol. The van der Waals surface area contributed by atoms with Crippen LogP contribution in [0.25, 0.3) is 0 Å². The Bertz CT molecular complexity index is 279. The van der Waals surface area contributed by atoms with Gasteiger partial charge in [-0.3, -0.25) is 0 Å². The highest BCUT2D eigenvalue weighted by atomic mass is 16.3. The molecule has 0 aliphatic heterocycles. The Kier molecular flexibility index (Phi) is 3.37. The Hall–Kier alpha value is -1.26. The van der Waals surface area contributed by atoms with Crippen molar-refractivity contribution in [3.8, 4) is 11.8 Å². The topological polar surface area (TPSA) is 20.2 Å². The highest BCUT2D eigenvalue weighted by Gasteiger charge is 1.90. The second-order valence-electron chi connectivity index (χ2n) is 2.56. The zero-order chi connectivity index (χ0) is 8.81. The molecule has 0 heterocycles. The Morgan fingerprint density at radius 1 is 1.33 bits per heavy atom. The van der Waals surface area contributed by atoms with Crippen LogP contribution in [0.2, 0.25) is 0 Å². The third-order valence-electron chi connectivity index (χ3n) is 1.54. The minimum Gasteiger partial charge on any atom is -0.380 e. The molecule has 0 amide bonds. The van der Waals surface area contributed by atoms with Crippen LogP contribution in [0.1, 0.15) is 18.9 Å². The van der Waals surface area contributed by atoms with Gasteiger partial charge in [0.1, 0.15) is 6.10 Å². The fourth-order valence-corrected chi connectivity index (χ4v) is 0.790. The third kappa shape index (κ3) is 2.77. The van der Waals surface area contributed by atoms with Crippen molar-refractivity contribution < 1.29 is 5.11 Å². The standard InChI is InChI=1S/C11H12O/c1-2-11(12)9-8-10-6-4-3-5-7-10/h3-7,11-12H,2H2,1H3. The summed E-state index contributed by atoms with van der Waals surface area (Å²) >= 11 is 0. The maximum Gasteiger partial charge on any atom is 0.114 e. The van der Waals surface area contributed by atoms with Gasteiger partial charge >= 0.3 is 0 Å². The number of aliphatic hydroxyl groups excluding tert-OH is 1. The van der Waals surface area contributed by atoms with Crippen LogP contribution in [0.4, 0.5) is 0 Å². The fourth-order valence-electron chi connectivity index (χ4n) is 0.790. The number of rotatable bonds is 1. The molecule has 0 fully saturated rings. The summed E-state index contributed by atoms with van der Waals surface area (Å²) in [5.41, 5.74) is 0.949. The molecule has 12 heavy (non-hydrogen) atoms. The second-order valence-corrected chi connectivity index (χ2v) is 2.56. The van der Waals surface area contributed by atoms with Gasteiger partial charge in [0.2, 0.25) is 0 Å². The van der Waals surface area contributed by atoms with E-state index < -0.39 is 6.10 Å². The third-order valence-corrected chi connectivity index (χ3v) is 1.54. The molecule has 1 N–H and O–H groups in total. The van der Waals surface area contributed by atoms with Crippen molar-refractivity contribution in [2.24, 2.45) is 0 Å². The minimum absolute atomic E-state index is 0.495. The van der Waals surface area contributed by atoms with Crippen molar-refractivity contribution >= 4 is 0 Å². The molecule has 0 radical (unpaired) electrons. The van der Waals surface area contributed by atoms with Crippen LogP contribution in [0.3, 0.4) is 0 Å². The van der Waals surface area contributed by atoms with E-state index in [2.05, 4.69) is 11.8 Å². The van der Waals surface area contributed by atoms with Gasteiger partial charge in [-0.15, -0.1) is 0 Å². The SMILES string of the molecule is CCC(O)C#Cc1ccccc1.